The zero-order valence-corrected chi connectivity index (χ0v) is 25.9. The summed E-state index contributed by atoms with van der Waals surface area (Å²) in [5, 5.41) is 1.93. The number of para-hydroxylation sites is 1. The minimum absolute atomic E-state index is 0.0419. The fourth-order valence-electron chi connectivity index (χ4n) is 5.35. The van der Waals surface area contributed by atoms with E-state index >= 15 is 0 Å². The molecule has 1 fully saturated rings. The number of nitrogens with zero attached hydrogens (tertiary/aromatic N) is 8. The van der Waals surface area contributed by atoms with E-state index in [-0.39, 0.29) is 17.7 Å². The molecule has 13 heteroatoms. The van der Waals surface area contributed by atoms with Crippen LogP contribution < -0.4 is 15.4 Å². The number of nitrogen functional groups attached to an aromatic ring is 1. The summed E-state index contributed by atoms with van der Waals surface area (Å²) < 4.78 is 7.80. The van der Waals surface area contributed by atoms with Gasteiger partial charge in [0.2, 0.25) is 11.8 Å². The summed E-state index contributed by atoms with van der Waals surface area (Å²) in [4.78, 5) is 46.2. The highest BCUT2D eigenvalue weighted by atomic mass is 32.1. The maximum absolute atomic E-state index is 13.7. The Kier molecular flexibility index (Phi) is 7.15. The lowest BCUT2D eigenvalue weighted by molar-refractivity contribution is 0.0751. The third-order valence-electron chi connectivity index (χ3n) is 7.62. The van der Waals surface area contributed by atoms with Crippen LogP contribution in [0.2, 0.25) is 0 Å². The Morgan fingerprint density at radius 2 is 1.54 bits per heavy atom. The van der Waals surface area contributed by atoms with Crippen LogP contribution in [-0.2, 0) is 0 Å². The average Bonchev–Trinajstić information content (AvgIpc) is 3.77. The summed E-state index contributed by atoms with van der Waals surface area (Å²) in [7, 11) is 0. The SMILES string of the molecule is Nc1nc(-c2cccc(Oc3nc(-c4ccccn4)nc4cc(C(=O)N5CCN(c6ccccc6)CC5)sc34)n2)nc2ccsc12. The van der Waals surface area contributed by atoms with Gasteiger partial charge in [-0.25, -0.2) is 19.9 Å². The van der Waals surface area contributed by atoms with Gasteiger partial charge in [-0.1, -0.05) is 30.3 Å². The van der Waals surface area contributed by atoms with Crippen LogP contribution in [0.25, 0.3) is 43.5 Å². The first kappa shape index (κ1) is 28.0. The number of thiophene rings is 2. The van der Waals surface area contributed by atoms with Crippen molar-refractivity contribution >= 4 is 60.5 Å². The highest BCUT2D eigenvalue weighted by Gasteiger charge is 2.26. The zero-order chi connectivity index (χ0) is 31.0. The number of ether oxygens (including phenoxy) is 1. The number of fused-ring (bicyclic) bond motifs is 2. The number of carbonyl (C=O) groups is 1. The van der Waals surface area contributed by atoms with Crippen molar-refractivity contribution in [3.05, 3.63) is 95.3 Å². The molecule has 226 valence electrons. The van der Waals surface area contributed by atoms with Crippen molar-refractivity contribution in [2.75, 3.05) is 36.8 Å². The number of amides is 1. The predicted octanol–water partition coefficient (Wildman–Crippen LogP) is 6.16. The Bertz CT molecular complexity index is 2200. The van der Waals surface area contributed by atoms with Crippen molar-refractivity contribution in [2.24, 2.45) is 0 Å². The molecule has 0 atom stereocenters. The number of hydrogen-bond donors (Lipinski definition) is 1. The van der Waals surface area contributed by atoms with Crippen LogP contribution in [-0.4, -0.2) is 66.9 Å². The van der Waals surface area contributed by atoms with Gasteiger partial charge < -0.3 is 20.3 Å². The first-order chi connectivity index (χ1) is 22.6. The molecular formula is C33H25N9O2S2. The van der Waals surface area contributed by atoms with Gasteiger partial charge in [-0.05, 0) is 47.8 Å². The summed E-state index contributed by atoms with van der Waals surface area (Å²) >= 11 is 2.80. The van der Waals surface area contributed by atoms with E-state index < -0.39 is 0 Å². The van der Waals surface area contributed by atoms with Crippen LogP contribution in [0.1, 0.15) is 9.67 Å². The van der Waals surface area contributed by atoms with E-state index in [1.807, 2.05) is 64.9 Å². The number of piperazine rings is 1. The van der Waals surface area contributed by atoms with E-state index in [9.17, 15) is 4.79 Å². The van der Waals surface area contributed by atoms with E-state index in [2.05, 4.69) is 37.0 Å². The molecule has 0 radical (unpaired) electrons. The molecule has 1 amide bonds. The van der Waals surface area contributed by atoms with Gasteiger partial charge in [0.25, 0.3) is 5.91 Å². The third kappa shape index (κ3) is 5.35. The molecule has 0 aliphatic carbocycles. The van der Waals surface area contributed by atoms with Crippen molar-refractivity contribution in [1.82, 2.24) is 34.8 Å². The molecule has 8 rings (SSSR count). The maximum atomic E-state index is 13.7. The Hall–Kier alpha value is -5.53. The number of nitrogens with two attached hydrogens (primary N) is 1. The van der Waals surface area contributed by atoms with Gasteiger partial charge in [-0.3, -0.25) is 9.78 Å². The molecular weight excluding hydrogens is 619 g/mol. The average molecular weight is 644 g/mol. The van der Waals surface area contributed by atoms with Gasteiger partial charge in [-0.2, -0.15) is 4.98 Å². The van der Waals surface area contributed by atoms with Crippen molar-refractivity contribution in [2.45, 2.75) is 0 Å². The van der Waals surface area contributed by atoms with Gasteiger partial charge in [0.1, 0.15) is 21.9 Å². The quantitative estimate of drug-likeness (QED) is 0.224. The fourth-order valence-corrected chi connectivity index (χ4v) is 7.07. The van der Waals surface area contributed by atoms with Crippen molar-refractivity contribution in [3.8, 4) is 34.8 Å². The highest BCUT2D eigenvalue weighted by Crippen LogP contribution is 2.36. The van der Waals surface area contributed by atoms with E-state index in [4.69, 9.17) is 20.4 Å². The second-order valence-electron chi connectivity index (χ2n) is 10.5. The Balaban J connectivity index is 1.12. The summed E-state index contributed by atoms with van der Waals surface area (Å²) in [6.45, 7) is 2.76. The normalized spacial score (nSPS) is 13.4. The Labute approximate surface area is 271 Å². The van der Waals surface area contributed by atoms with Crippen LogP contribution in [0.15, 0.2) is 90.4 Å². The molecule has 0 saturated carbocycles. The zero-order valence-electron chi connectivity index (χ0n) is 24.3. The van der Waals surface area contributed by atoms with Crippen molar-refractivity contribution < 1.29 is 9.53 Å². The number of rotatable bonds is 6. The minimum Gasteiger partial charge on any atom is -0.419 e. The lowest BCUT2D eigenvalue weighted by atomic mass is 10.2. The fraction of sp³-hybridized carbons (Fsp3) is 0.121. The van der Waals surface area contributed by atoms with E-state index in [1.165, 1.54) is 22.7 Å². The summed E-state index contributed by atoms with van der Waals surface area (Å²) in [5.74, 6) is 1.70. The van der Waals surface area contributed by atoms with Crippen molar-refractivity contribution in [1.29, 1.82) is 0 Å². The molecule has 46 heavy (non-hydrogen) atoms. The maximum Gasteiger partial charge on any atom is 0.264 e. The molecule has 7 heterocycles. The molecule has 0 bridgehead atoms. The first-order valence-corrected chi connectivity index (χ1v) is 16.3. The molecule has 11 nitrogen and oxygen atoms in total. The lowest BCUT2D eigenvalue weighted by Crippen LogP contribution is -2.48. The molecule has 7 aromatic rings. The van der Waals surface area contributed by atoms with E-state index in [0.29, 0.717) is 57.0 Å². The number of aromatic nitrogens is 6. The Morgan fingerprint density at radius 1 is 0.761 bits per heavy atom. The highest BCUT2D eigenvalue weighted by molar-refractivity contribution is 7.21. The number of benzene rings is 1. The molecule has 1 saturated heterocycles. The van der Waals surface area contributed by atoms with Crippen LogP contribution in [0.5, 0.6) is 11.8 Å². The van der Waals surface area contributed by atoms with Gasteiger partial charge in [-0.15, -0.1) is 22.7 Å². The van der Waals surface area contributed by atoms with Gasteiger partial charge in [0.05, 0.1) is 20.6 Å². The third-order valence-corrected chi connectivity index (χ3v) is 9.64. The topological polar surface area (TPSA) is 136 Å². The molecule has 2 N–H and O–H groups in total. The monoisotopic (exact) mass is 643 g/mol. The minimum atomic E-state index is -0.0419. The van der Waals surface area contributed by atoms with Gasteiger partial charge in [0.15, 0.2) is 11.6 Å². The van der Waals surface area contributed by atoms with E-state index in [1.54, 1.807) is 18.3 Å². The van der Waals surface area contributed by atoms with Crippen LogP contribution >= 0.6 is 22.7 Å². The summed E-state index contributed by atoms with van der Waals surface area (Å²) in [6, 6.07) is 24.8. The van der Waals surface area contributed by atoms with Gasteiger partial charge in [0, 0.05) is 44.1 Å². The van der Waals surface area contributed by atoms with Crippen LogP contribution in [0.4, 0.5) is 11.5 Å². The lowest BCUT2D eigenvalue weighted by Gasteiger charge is -2.35. The van der Waals surface area contributed by atoms with Crippen LogP contribution in [0, 0.1) is 0 Å². The number of anilines is 2. The molecule has 0 unspecified atom stereocenters. The number of hydrogen-bond acceptors (Lipinski definition) is 12. The van der Waals surface area contributed by atoms with E-state index in [0.717, 1.165) is 29.0 Å². The molecule has 1 aliphatic heterocycles. The molecule has 1 aliphatic rings. The second kappa shape index (κ2) is 11.8. The smallest absolute Gasteiger partial charge is 0.264 e. The van der Waals surface area contributed by atoms with Crippen LogP contribution in [0.3, 0.4) is 0 Å². The predicted molar refractivity (Wildman–Crippen MR) is 180 cm³/mol. The first-order valence-electron chi connectivity index (χ1n) is 14.6. The van der Waals surface area contributed by atoms with Crippen molar-refractivity contribution in [3.63, 3.8) is 0 Å². The molecule has 1 aromatic carbocycles. The molecule has 6 aromatic heterocycles. The van der Waals surface area contributed by atoms with Gasteiger partial charge >= 0.3 is 0 Å². The standard InChI is InChI=1S/C33H25N9O2S2/c34-29-27-21(12-18-45-27)37-31(39-29)23-10-6-11-26(36-23)44-32-28-24(38-30(40-32)22-9-4-5-13-35-22)19-25(46-28)33(43)42-16-14-41(15-17-42)20-7-2-1-3-8-20/h1-13,18-19H,14-17H2,(H2,34,37,39). The summed E-state index contributed by atoms with van der Waals surface area (Å²) in [6.07, 6.45) is 1.68. The summed E-state index contributed by atoms with van der Waals surface area (Å²) in [5.41, 5.74) is 9.80. The second-order valence-corrected chi connectivity index (χ2v) is 12.5. The number of pyridine rings is 2. The number of carbonyl (C=O) groups excluding carboxylic acids is 1. The largest absolute Gasteiger partial charge is 0.419 e. The molecule has 0 spiro atoms. The Morgan fingerprint density at radius 3 is 2.37 bits per heavy atom.